The fourth-order valence-electron chi connectivity index (χ4n) is 0.626. The molecule has 0 saturated carbocycles. The van der Waals surface area contributed by atoms with Crippen LogP contribution in [0.5, 0.6) is 0 Å². The molecule has 0 radical (unpaired) electrons. The number of rotatable bonds is 2. The smallest absolute Gasteiger partial charge is 0.325 e. The fraction of sp³-hybridized carbons (Fsp3) is 0.200. The summed E-state index contributed by atoms with van der Waals surface area (Å²) in [6, 6.07) is 0. The maximum atomic E-state index is 10.2. The zero-order valence-corrected chi connectivity index (χ0v) is 7.65. The van der Waals surface area contributed by atoms with E-state index in [1.807, 2.05) is 22.6 Å². The van der Waals surface area contributed by atoms with Crippen molar-refractivity contribution in [3.63, 3.8) is 0 Å². The lowest BCUT2D eigenvalue weighted by molar-refractivity contribution is -0.137. The molecule has 1 aromatic rings. The van der Waals surface area contributed by atoms with Gasteiger partial charge in [0, 0.05) is 0 Å². The number of hydrogen-bond donors (Lipinski definition) is 2. The SMILES string of the molecule is Nc1c(I)cnn1CC(=O)O. The maximum Gasteiger partial charge on any atom is 0.325 e. The molecule has 0 atom stereocenters. The molecule has 0 aliphatic heterocycles. The summed E-state index contributed by atoms with van der Waals surface area (Å²) in [6.07, 6.45) is 1.53. The first kappa shape index (κ1) is 8.31. The molecule has 0 aliphatic carbocycles. The summed E-state index contributed by atoms with van der Waals surface area (Å²) in [5.74, 6) is -0.552. The van der Waals surface area contributed by atoms with Crippen molar-refractivity contribution >= 4 is 34.4 Å². The Kier molecular flexibility index (Phi) is 2.32. The van der Waals surface area contributed by atoms with Crippen molar-refractivity contribution in [1.82, 2.24) is 9.78 Å². The highest BCUT2D eigenvalue weighted by molar-refractivity contribution is 14.1. The second-order valence-corrected chi connectivity index (χ2v) is 3.09. The number of nitrogens with two attached hydrogens (primary N) is 1. The van der Waals surface area contributed by atoms with Crippen LogP contribution in [0.1, 0.15) is 0 Å². The van der Waals surface area contributed by atoms with Gasteiger partial charge in [-0.3, -0.25) is 4.79 Å². The predicted molar refractivity (Wildman–Crippen MR) is 47.0 cm³/mol. The molecule has 11 heavy (non-hydrogen) atoms. The van der Waals surface area contributed by atoms with E-state index < -0.39 is 5.97 Å². The Hall–Kier alpha value is -0.790. The molecule has 0 bridgehead atoms. The minimum absolute atomic E-state index is 0.186. The van der Waals surface area contributed by atoms with Gasteiger partial charge in [0.1, 0.15) is 12.4 Å². The Balaban J connectivity index is 2.87. The second kappa shape index (κ2) is 3.07. The first-order valence-electron chi connectivity index (χ1n) is 2.80. The molecule has 1 rings (SSSR count). The zero-order chi connectivity index (χ0) is 8.43. The molecule has 3 N–H and O–H groups in total. The quantitative estimate of drug-likeness (QED) is 0.747. The van der Waals surface area contributed by atoms with Crippen molar-refractivity contribution < 1.29 is 9.90 Å². The molecule has 0 unspecified atom stereocenters. The van der Waals surface area contributed by atoms with Gasteiger partial charge >= 0.3 is 5.97 Å². The molecule has 60 valence electrons. The lowest BCUT2D eigenvalue weighted by Crippen LogP contribution is -2.12. The third kappa shape index (κ3) is 1.82. The van der Waals surface area contributed by atoms with Gasteiger partial charge in [-0.15, -0.1) is 0 Å². The predicted octanol–water partition coefficient (Wildman–Crippen LogP) is 0.155. The summed E-state index contributed by atoms with van der Waals surface area (Å²) in [7, 11) is 0. The molecule has 0 aromatic carbocycles. The van der Waals surface area contributed by atoms with Gasteiger partial charge in [0.25, 0.3) is 0 Å². The maximum absolute atomic E-state index is 10.2. The van der Waals surface area contributed by atoms with Crippen molar-refractivity contribution in [3.8, 4) is 0 Å². The summed E-state index contributed by atoms with van der Waals surface area (Å²) < 4.78 is 2.01. The highest BCUT2D eigenvalue weighted by Crippen LogP contribution is 2.12. The number of hydrogen-bond acceptors (Lipinski definition) is 3. The molecular formula is C5H6IN3O2. The number of aromatic nitrogens is 2. The molecule has 0 fully saturated rings. The molecule has 0 saturated heterocycles. The van der Waals surface area contributed by atoms with Gasteiger partial charge in [-0.2, -0.15) is 5.10 Å². The van der Waals surface area contributed by atoms with Gasteiger partial charge in [0.2, 0.25) is 0 Å². The number of anilines is 1. The van der Waals surface area contributed by atoms with Crippen molar-refractivity contribution in [2.75, 3.05) is 5.73 Å². The lowest BCUT2D eigenvalue weighted by atomic mass is 10.6. The molecule has 0 spiro atoms. The Morgan fingerprint density at radius 1 is 1.91 bits per heavy atom. The minimum atomic E-state index is -0.948. The number of nitrogens with zero attached hydrogens (tertiary/aromatic N) is 2. The molecule has 1 heterocycles. The van der Waals surface area contributed by atoms with Crippen LogP contribution >= 0.6 is 22.6 Å². The first-order valence-corrected chi connectivity index (χ1v) is 3.87. The zero-order valence-electron chi connectivity index (χ0n) is 5.49. The van der Waals surface area contributed by atoms with Crippen LogP contribution in [-0.4, -0.2) is 20.9 Å². The van der Waals surface area contributed by atoms with Crippen LogP contribution in [0.4, 0.5) is 5.82 Å². The Morgan fingerprint density at radius 3 is 2.91 bits per heavy atom. The van der Waals surface area contributed by atoms with Gasteiger partial charge in [0.05, 0.1) is 9.77 Å². The van der Waals surface area contributed by atoms with E-state index in [0.29, 0.717) is 5.82 Å². The van der Waals surface area contributed by atoms with Crippen LogP contribution in [0.2, 0.25) is 0 Å². The molecule has 1 aromatic heterocycles. The van der Waals surface area contributed by atoms with Gasteiger partial charge < -0.3 is 10.8 Å². The topological polar surface area (TPSA) is 81.1 Å². The van der Waals surface area contributed by atoms with Crippen LogP contribution in [0, 0.1) is 3.57 Å². The molecule has 5 nitrogen and oxygen atoms in total. The van der Waals surface area contributed by atoms with E-state index in [1.54, 1.807) is 0 Å². The second-order valence-electron chi connectivity index (χ2n) is 1.93. The summed E-state index contributed by atoms with van der Waals surface area (Å²) in [6.45, 7) is -0.186. The summed E-state index contributed by atoms with van der Waals surface area (Å²) in [5, 5.41) is 12.1. The summed E-state index contributed by atoms with van der Waals surface area (Å²) in [5.41, 5.74) is 5.48. The minimum Gasteiger partial charge on any atom is -0.480 e. The number of carboxylic acids is 1. The normalized spacial score (nSPS) is 9.91. The van der Waals surface area contributed by atoms with E-state index in [-0.39, 0.29) is 6.54 Å². The summed E-state index contributed by atoms with van der Waals surface area (Å²) in [4.78, 5) is 10.2. The first-order chi connectivity index (χ1) is 5.11. The van der Waals surface area contributed by atoms with E-state index in [9.17, 15) is 4.79 Å². The summed E-state index contributed by atoms with van der Waals surface area (Å²) >= 11 is 1.99. The molecule has 6 heteroatoms. The molecular weight excluding hydrogens is 261 g/mol. The van der Waals surface area contributed by atoms with Crippen LogP contribution in [0.15, 0.2) is 6.20 Å². The number of carbonyl (C=O) groups is 1. The van der Waals surface area contributed by atoms with Gasteiger partial charge in [-0.1, -0.05) is 0 Å². The van der Waals surface area contributed by atoms with Crippen LogP contribution in [0.3, 0.4) is 0 Å². The lowest BCUT2D eigenvalue weighted by Gasteiger charge is -1.97. The number of nitrogen functional groups attached to an aromatic ring is 1. The third-order valence-corrected chi connectivity index (χ3v) is 1.95. The van der Waals surface area contributed by atoms with E-state index in [0.717, 1.165) is 3.57 Å². The number of carboxylic acid groups (broad SMARTS) is 1. The van der Waals surface area contributed by atoms with Gasteiger partial charge in [0.15, 0.2) is 0 Å². The average molecular weight is 267 g/mol. The van der Waals surface area contributed by atoms with Crippen molar-refractivity contribution in [1.29, 1.82) is 0 Å². The number of halogens is 1. The monoisotopic (exact) mass is 267 g/mol. The highest BCUT2D eigenvalue weighted by atomic mass is 127. The van der Waals surface area contributed by atoms with Crippen molar-refractivity contribution in [3.05, 3.63) is 9.77 Å². The fourth-order valence-corrected chi connectivity index (χ4v) is 1.03. The van der Waals surface area contributed by atoms with Gasteiger partial charge in [-0.05, 0) is 22.6 Å². The van der Waals surface area contributed by atoms with E-state index in [2.05, 4.69) is 5.10 Å². The highest BCUT2D eigenvalue weighted by Gasteiger charge is 2.06. The molecule has 0 amide bonds. The average Bonchev–Trinajstić information content (AvgIpc) is 2.18. The largest absolute Gasteiger partial charge is 0.480 e. The van der Waals surface area contributed by atoms with Crippen LogP contribution < -0.4 is 5.73 Å². The van der Waals surface area contributed by atoms with Gasteiger partial charge in [-0.25, -0.2) is 4.68 Å². The Bertz CT molecular complexity index is 283. The van der Waals surface area contributed by atoms with E-state index in [1.165, 1.54) is 10.9 Å². The standard InChI is InChI=1S/C5H6IN3O2/c6-3-1-8-9(5(3)7)2-4(10)11/h1H,2,7H2,(H,10,11). The molecule has 0 aliphatic rings. The van der Waals surface area contributed by atoms with Crippen LogP contribution in [-0.2, 0) is 11.3 Å². The van der Waals surface area contributed by atoms with E-state index >= 15 is 0 Å². The van der Waals surface area contributed by atoms with E-state index in [4.69, 9.17) is 10.8 Å². The third-order valence-electron chi connectivity index (χ3n) is 1.12. The number of aliphatic carboxylic acids is 1. The Morgan fingerprint density at radius 2 is 2.55 bits per heavy atom. The Labute approximate surface area is 76.3 Å². The van der Waals surface area contributed by atoms with Crippen molar-refractivity contribution in [2.24, 2.45) is 0 Å². The van der Waals surface area contributed by atoms with Crippen LogP contribution in [0.25, 0.3) is 0 Å². The van der Waals surface area contributed by atoms with Crippen molar-refractivity contribution in [2.45, 2.75) is 6.54 Å².